The number of ether oxygens (including phenoxy) is 2. The van der Waals surface area contributed by atoms with Crippen LogP contribution in [-0.2, 0) is 16.0 Å². The number of imide groups is 1. The average Bonchev–Trinajstić information content (AvgIpc) is 3.11. The molecule has 0 radical (unpaired) electrons. The number of nitrogens with zero attached hydrogens (tertiary/aromatic N) is 4. The van der Waals surface area contributed by atoms with Crippen molar-refractivity contribution < 1.29 is 24.0 Å². The van der Waals surface area contributed by atoms with Crippen molar-refractivity contribution in [2.24, 2.45) is 0 Å². The van der Waals surface area contributed by atoms with Gasteiger partial charge >= 0.3 is 0 Å². The molecule has 9 nitrogen and oxygen atoms in total. The number of likely N-dealkylation sites (tertiary alicyclic amines) is 1. The summed E-state index contributed by atoms with van der Waals surface area (Å²) in [7, 11) is 3.18. The van der Waals surface area contributed by atoms with E-state index < -0.39 is 0 Å². The van der Waals surface area contributed by atoms with Gasteiger partial charge in [-0.15, -0.1) is 0 Å². The van der Waals surface area contributed by atoms with Crippen LogP contribution in [0.4, 0.5) is 5.95 Å². The molecule has 2 amide bonds. The lowest BCUT2D eigenvalue weighted by Gasteiger charge is -2.34. The Morgan fingerprint density at radius 2 is 1.77 bits per heavy atom. The van der Waals surface area contributed by atoms with E-state index in [1.165, 1.54) is 9.80 Å². The first-order valence-electron chi connectivity index (χ1n) is 10.5. The largest absolute Gasteiger partial charge is 0.493 e. The third-order valence-electron chi connectivity index (χ3n) is 6.05. The highest BCUT2D eigenvalue weighted by atomic mass is 16.5. The van der Waals surface area contributed by atoms with Crippen LogP contribution in [0.5, 0.6) is 11.5 Å². The summed E-state index contributed by atoms with van der Waals surface area (Å²) in [6, 6.07) is 7.16. The van der Waals surface area contributed by atoms with Gasteiger partial charge in [-0.1, -0.05) is 6.07 Å². The van der Waals surface area contributed by atoms with Crippen LogP contribution < -0.4 is 19.3 Å². The number of carbonyl (C=O) groups is 2. The Bertz CT molecular complexity index is 931. The maximum atomic E-state index is 13.0. The Morgan fingerprint density at radius 1 is 1.06 bits per heavy atom. The maximum Gasteiger partial charge on any atom is 0.288 e. The van der Waals surface area contributed by atoms with Gasteiger partial charge in [0.1, 0.15) is 0 Å². The van der Waals surface area contributed by atoms with Crippen LogP contribution in [0.1, 0.15) is 12.0 Å². The lowest BCUT2D eigenvalue weighted by atomic mass is 10.1. The van der Waals surface area contributed by atoms with Crippen LogP contribution >= 0.6 is 0 Å². The van der Waals surface area contributed by atoms with E-state index in [-0.39, 0.29) is 24.3 Å². The van der Waals surface area contributed by atoms with Crippen molar-refractivity contribution in [2.45, 2.75) is 18.9 Å². The fourth-order valence-electron chi connectivity index (χ4n) is 4.31. The zero-order chi connectivity index (χ0) is 21.8. The number of nitrogens with one attached hydrogen (secondary N) is 1. The number of rotatable bonds is 7. The molecular formula is C22H28N5O4+. The van der Waals surface area contributed by atoms with E-state index in [1.54, 1.807) is 32.7 Å². The van der Waals surface area contributed by atoms with Crippen LogP contribution in [-0.4, -0.2) is 79.7 Å². The summed E-state index contributed by atoms with van der Waals surface area (Å²) in [4.78, 5) is 38.9. The third kappa shape index (κ3) is 4.46. The molecule has 9 heteroatoms. The first-order valence-corrected chi connectivity index (χ1v) is 10.5. The van der Waals surface area contributed by atoms with Crippen LogP contribution in [0.2, 0.25) is 0 Å². The Hall–Kier alpha value is -3.20. The molecule has 1 N–H and O–H groups in total. The molecule has 0 spiro atoms. The van der Waals surface area contributed by atoms with Crippen LogP contribution in [0.25, 0.3) is 0 Å². The molecule has 0 aliphatic carbocycles. The molecular weight excluding hydrogens is 398 g/mol. The number of aromatic nitrogens is 2. The first-order chi connectivity index (χ1) is 15.1. The molecule has 31 heavy (non-hydrogen) atoms. The molecule has 2 aromatic rings. The standard InChI is InChI=1S/C22H27N5O4/c1-30-18-5-4-16(14-19(18)31-2)6-9-27-20(28)15-17(21(27)29)25-10-12-26(13-11-25)22-23-7-3-8-24-22/h3-5,7-8,14,17H,6,9-13,15H2,1-2H3/p+1/t17-/m0/s1. The summed E-state index contributed by atoms with van der Waals surface area (Å²) in [5, 5.41) is 0. The van der Waals surface area contributed by atoms with E-state index in [2.05, 4.69) is 14.9 Å². The minimum Gasteiger partial charge on any atom is -0.493 e. The molecule has 2 saturated heterocycles. The number of piperazine rings is 1. The monoisotopic (exact) mass is 426 g/mol. The van der Waals surface area contributed by atoms with E-state index in [0.717, 1.165) is 31.7 Å². The lowest BCUT2D eigenvalue weighted by molar-refractivity contribution is -0.915. The smallest absolute Gasteiger partial charge is 0.288 e. The van der Waals surface area contributed by atoms with Crippen LogP contribution in [0.3, 0.4) is 0 Å². The van der Waals surface area contributed by atoms with Gasteiger partial charge in [0.15, 0.2) is 17.5 Å². The van der Waals surface area contributed by atoms with Crippen molar-refractivity contribution in [1.29, 1.82) is 0 Å². The van der Waals surface area contributed by atoms with Gasteiger partial charge < -0.3 is 19.3 Å². The Labute approximate surface area is 181 Å². The quantitative estimate of drug-likeness (QED) is 0.601. The van der Waals surface area contributed by atoms with Crippen molar-refractivity contribution >= 4 is 17.8 Å². The Kier molecular flexibility index (Phi) is 6.31. The van der Waals surface area contributed by atoms with Gasteiger partial charge in [0.2, 0.25) is 11.9 Å². The highest BCUT2D eigenvalue weighted by molar-refractivity contribution is 6.04. The van der Waals surface area contributed by atoms with E-state index in [9.17, 15) is 9.59 Å². The number of hydrogen-bond donors (Lipinski definition) is 1. The second kappa shape index (κ2) is 9.30. The van der Waals surface area contributed by atoms with Crippen molar-refractivity contribution in [3.63, 3.8) is 0 Å². The molecule has 1 aromatic heterocycles. The molecule has 4 rings (SSSR count). The van der Waals surface area contributed by atoms with Crippen LogP contribution in [0, 0.1) is 0 Å². The second-order valence-electron chi connectivity index (χ2n) is 7.77. The SMILES string of the molecule is COc1ccc(CCN2C(=O)C[C@H]([NH+]3CCN(c4ncccn4)CC3)C2=O)cc1OC. The molecule has 0 unspecified atom stereocenters. The highest BCUT2D eigenvalue weighted by Gasteiger charge is 2.45. The molecule has 2 aliphatic rings. The van der Waals surface area contributed by atoms with Gasteiger partial charge in [0.05, 0.1) is 46.8 Å². The molecule has 0 saturated carbocycles. The Balaban J connectivity index is 1.34. The van der Waals surface area contributed by atoms with Gasteiger partial charge in [-0.25, -0.2) is 9.97 Å². The van der Waals surface area contributed by atoms with Gasteiger partial charge in [-0.2, -0.15) is 0 Å². The predicted molar refractivity (Wildman–Crippen MR) is 113 cm³/mol. The fraction of sp³-hybridized carbons (Fsp3) is 0.455. The second-order valence-corrected chi connectivity index (χ2v) is 7.77. The van der Waals surface area contributed by atoms with Crippen molar-refractivity contribution in [1.82, 2.24) is 14.9 Å². The number of hydrogen-bond acceptors (Lipinski definition) is 7. The summed E-state index contributed by atoms with van der Waals surface area (Å²) < 4.78 is 10.6. The zero-order valence-corrected chi connectivity index (χ0v) is 17.9. The number of quaternary nitrogens is 1. The van der Waals surface area contributed by atoms with Gasteiger partial charge in [-0.05, 0) is 30.2 Å². The number of benzene rings is 1. The number of anilines is 1. The fourth-order valence-corrected chi connectivity index (χ4v) is 4.31. The maximum absolute atomic E-state index is 13.0. The van der Waals surface area contributed by atoms with Crippen LogP contribution in [0.15, 0.2) is 36.7 Å². The van der Waals surface area contributed by atoms with E-state index in [1.807, 2.05) is 18.2 Å². The van der Waals surface area contributed by atoms with Gasteiger partial charge in [0.25, 0.3) is 5.91 Å². The molecule has 2 aliphatic heterocycles. The Morgan fingerprint density at radius 3 is 2.45 bits per heavy atom. The summed E-state index contributed by atoms with van der Waals surface area (Å²) >= 11 is 0. The summed E-state index contributed by atoms with van der Waals surface area (Å²) in [5.41, 5.74) is 0.991. The summed E-state index contributed by atoms with van der Waals surface area (Å²) in [5.74, 6) is 1.86. The summed E-state index contributed by atoms with van der Waals surface area (Å²) in [6.45, 7) is 3.48. The molecule has 1 aromatic carbocycles. The van der Waals surface area contributed by atoms with E-state index in [4.69, 9.17) is 9.47 Å². The topological polar surface area (TPSA) is 89.3 Å². The minimum atomic E-state index is -0.295. The number of amides is 2. The third-order valence-corrected chi connectivity index (χ3v) is 6.05. The molecule has 1 atom stereocenters. The zero-order valence-electron chi connectivity index (χ0n) is 17.9. The number of methoxy groups -OCH3 is 2. The van der Waals surface area contributed by atoms with Crippen molar-refractivity contribution in [2.75, 3.05) is 51.8 Å². The first kappa shape index (κ1) is 21.0. The van der Waals surface area contributed by atoms with E-state index in [0.29, 0.717) is 30.4 Å². The summed E-state index contributed by atoms with van der Waals surface area (Å²) in [6.07, 6.45) is 4.33. The highest BCUT2D eigenvalue weighted by Crippen LogP contribution is 2.28. The average molecular weight is 426 g/mol. The molecule has 0 bridgehead atoms. The van der Waals surface area contributed by atoms with Crippen molar-refractivity contribution in [3.05, 3.63) is 42.2 Å². The molecule has 2 fully saturated rings. The minimum absolute atomic E-state index is 0.0649. The van der Waals surface area contributed by atoms with Crippen molar-refractivity contribution in [3.8, 4) is 11.5 Å². The number of carbonyl (C=O) groups excluding carboxylic acids is 2. The normalized spacial score (nSPS) is 19.7. The van der Waals surface area contributed by atoms with Gasteiger partial charge in [-0.3, -0.25) is 14.5 Å². The molecule has 164 valence electrons. The predicted octanol–water partition coefficient (Wildman–Crippen LogP) is -0.431. The molecule has 3 heterocycles. The lowest BCUT2D eigenvalue weighted by Crippen LogP contribution is -3.19. The van der Waals surface area contributed by atoms with E-state index >= 15 is 0 Å². The van der Waals surface area contributed by atoms with Gasteiger partial charge in [0, 0.05) is 18.9 Å².